The van der Waals surface area contributed by atoms with Gasteiger partial charge in [-0.3, -0.25) is 15.5 Å². The molecule has 3 aromatic carbocycles. The number of anilines is 1. The third-order valence-corrected chi connectivity index (χ3v) is 6.16. The van der Waals surface area contributed by atoms with Gasteiger partial charge in [0, 0.05) is 6.07 Å². The molecule has 0 atom stereocenters. The van der Waals surface area contributed by atoms with Crippen LogP contribution in [0.3, 0.4) is 0 Å². The molecular weight excluding hydrogens is 637 g/mol. The topological polar surface area (TPSA) is 86.0 Å². The predicted octanol–water partition coefficient (Wildman–Crippen LogP) is 7.95. The van der Waals surface area contributed by atoms with Gasteiger partial charge >= 0.3 is 6.18 Å². The maximum atomic E-state index is 12.9. The van der Waals surface area contributed by atoms with Crippen molar-refractivity contribution in [3.63, 3.8) is 0 Å². The van der Waals surface area contributed by atoms with Crippen LogP contribution in [0, 0.1) is 13.7 Å². The fourth-order valence-electron chi connectivity index (χ4n) is 2.98. The lowest BCUT2D eigenvalue weighted by Crippen LogP contribution is -2.06. The van der Waals surface area contributed by atoms with Crippen LogP contribution in [0.4, 0.5) is 24.5 Å². The van der Waals surface area contributed by atoms with Crippen LogP contribution >= 0.6 is 45.8 Å². The van der Waals surface area contributed by atoms with Gasteiger partial charge in [-0.05, 0) is 77.0 Å². The fourth-order valence-corrected chi connectivity index (χ4v) is 4.08. The molecule has 36 heavy (non-hydrogen) atoms. The molecule has 1 N–H and O–H groups in total. The average molecular weight is 654 g/mol. The molecule has 0 aliphatic heterocycles. The molecule has 0 bridgehead atoms. The summed E-state index contributed by atoms with van der Waals surface area (Å²) in [4.78, 5) is 10.3. The number of hydrazone groups is 1. The third kappa shape index (κ3) is 7.14. The number of rotatable bonds is 9. The highest BCUT2D eigenvalue weighted by atomic mass is 127. The molecule has 7 nitrogen and oxygen atoms in total. The van der Waals surface area contributed by atoms with E-state index in [4.69, 9.17) is 32.7 Å². The summed E-state index contributed by atoms with van der Waals surface area (Å²) in [5.41, 5.74) is 1.72. The van der Waals surface area contributed by atoms with Crippen molar-refractivity contribution >= 4 is 63.4 Å². The lowest BCUT2D eigenvalue weighted by molar-refractivity contribution is -0.384. The Kier molecular flexibility index (Phi) is 9.25. The zero-order valence-electron chi connectivity index (χ0n) is 18.4. The van der Waals surface area contributed by atoms with Crippen LogP contribution in [-0.4, -0.2) is 17.7 Å². The zero-order valence-corrected chi connectivity index (χ0v) is 22.1. The van der Waals surface area contributed by atoms with Crippen molar-refractivity contribution in [2.75, 3.05) is 12.0 Å². The summed E-state index contributed by atoms with van der Waals surface area (Å²) in [5.74, 6) is 0.929. The molecule has 0 fully saturated rings. The second-order valence-electron chi connectivity index (χ2n) is 7.16. The largest absolute Gasteiger partial charge is 0.490 e. The standard InChI is InChI=1S/C23H17Cl2F3IN3O4/c1-2-35-21-9-14(8-18(29)22(21)36-12-13-3-5-16(24)17(25)7-13)11-30-31-19-6-4-15(23(26,27)28)10-20(19)32(33)34/h3-11,31H,2,12H2,1H3/b30-11+. The number of ether oxygens (including phenoxy) is 2. The number of halogens is 6. The summed E-state index contributed by atoms with van der Waals surface area (Å²) < 4.78 is 51.0. The number of hydrogen-bond acceptors (Lipinski definition) is 6. The molecule has 3 rings (SSSR count). The van der Waals surface area contributed by atoms with E-state index >= 15 is 0 Å². The minimum absolute atomic E-state index is 0.189. The Morgan fingerprint density at radius 1 is 1.11 bits per heavy atom. The van der Waals surface area contributed by atoms with E-state index in [0.717, 1.165) is 17.7 Å². The first kappa shape index (κ1) is 27.8. The predicted molar refractivity (Wildman–Crippen MR) is 140 cm³/mol. The van der Waals surface area contributed by atoms with E-state index in [1.807, 2.05) is 6.92 Å². The number of hydrogen-bond donors (Lipinski definition) is 1. The van der Waals surface area contributed by atoms with Gasteiger partial charge in [0.25, 0.3) is 5.69 Å². The second-order valence-corrected chi connectivity index (χ2v) is 9.13. The molecular formula is C23H17Cl2F3IN3O4. The summed E-state index contributed by atoms with van der Waals surface area (Å²) in [5, 5.41) is 16.0. The highest BCUT2D eigenvalue weighted by Gasteiger charge is 2.33. The Morgan fingerprint density at radius 3 is 2.50 bits per heavy atom. The van der Waals surface area contributed by atoms with E-state index in [1.165, 1.54) is 6.21 Å². The minimum Gasteiger partial charge on any atom is -0.490 e. The Morgan fingerprint density at radius 2 is 1.86 bits per heavy atom. The lowest BCUT2D eigenvalue weighted by Gasteiger charge is -2.15. The van der Waals surface area contributed by atoms with E-state index in [9.17, 15) is 23.3 Å². The van der Waals surface area contributed by atoms with E-state index in [-0.39, 0.29) is 12.3 Å². The first-order valence-electron chi connectivity index (χ1n) is 10.2. The van der Waals surface area contributed by atoms with E-state index < -0.39 is 22.4 Å². The highest BCUT2D eigenvalue weighted by Crippen LogP contribution is 2.36. The Hall–Kier alpha value is -2.77. The molecule has 0 amide bonds. The van der Waals surface area contributed by atoms with E-state index in [1.54, 1.807) is 30.3 Å². The van der Waals surface area contributed by atoms with Gasteiger partial charge in [-0.15, -0.1) is 0 Å². The minimum atomic E-state index is -4.71. The van der Waals surface area contributed by atoms with Crippen molar-refractivity contribution in [2.24, 2.45) is 5.10 Å². The van der Waals surface area contributed by atoms with Crippen molar-refractivity contribution < 1.29 is 27.6 Å². The molecule has 3 aromatic rings. The number of nitrogens with zero attached hydrogens (tertiary/aromatic N) is 2. The van der Waals surface area contributed by atoms with Gasteiger partial charge in [-0.25, -0.2) is 0 Å². The summed E-state index contributed by atoms with van der Waals surface area (Å²) in [6.45, 7) is 2.37. The number of benzene rings is 3. The normalized spacial score (nSPS) is 11.5. The van der Waals surface area contributed by atoms with Gasteiger partial charge in [-0.1, -0.05) is 29.3 Å². The Balaban J connectivity index is 1.80. The van der Waals surface area contributed by atoms with Crippen LogP contribution in [0.15, 0.2) is 53.6 Å². The Bertz CT molecular complexity index is 1310. The maximum Gasteiger partial charge on any atom is 0.416 e. The summed E-state index contributed by atoms with van der Waals surface area (Å²) in [6, 6.07) is 10.7. The van der Waals surface area contributed by atoms with Crippen LogP contribution < -0.4 is 14.9 Å². The number of alkyl halides is 3. The van der Waals surface area contributed by atoms with Gasteiger partial charge < -0.3 is 9.47 Å². The molecule has 0 heterocycles. The molecule has 0 radical (unpaired) electrons. The first-order chi connectivity index (χ1) is 17.0. The van der Waals surface area contributed by atoms with Crippen molar-refractivity contribution in [3.8, 4) is 11.5 Å². The monoisotopic (exact) mass is 653 g/mol. The van der Waals surface area contributed by atoms with Crippen LogP contribution in [0.2, 0.25) is 10.0 Å². The van der Waals surface area contributed by atoms with E-state index in [0.29, 0.717) is 43.4 Å². The fraction of sp³-hybridized carbons (Fsp3) is 0.174. The van der Waals surface area contributed by atoms with Crippen molar-refractivity contribution in [3.05, 3.63) is 89.0 Å². The molecule has 190 valence electrons. The molecule has 0 aromatic heterocycles. The third-order valence-electron chi connectivity index (χ3n) is 4.62. The van der Waals surface area contributed by atoms with Gasteiger partial charge in [0.05, 0.1) is 36.9 Å². The summed E-state index contributed by atoms with van der Waals surface area (Å²) >= 11 is 14.1. The lowest BCUT2D eigenvalue weighted by atomic mass is 10.1. The van der Waals surface area contributed by atoms with Gasteiger partial charge in [0.1, 0.15) is 12.3 Å². The SMILES string of the molecule is CCOc1cc(/C=N/Nc2ccc(C(F)(F)F)cc2[N+](=O)[O-])cc(I)c1OCc1ccc(Cl)c(Cl)c1. The summed E-state index contributed by atoms with van der Waals surface area (Å²) in [6.07, 6.45) is -3.35. The molecule has 0 unspecified atom stereocenters. The molecule has 13 heteroatoms. The first-order valence-corrected chi connectivity index (χ1v) is 12.0. The molecule has 0 spiro atoms. The second kappa shape index (κ2) is 12.0. The van der Waals surface area contributed by atoms with Gasteiger partial charge in [-0.2, -0.15) is 18.3 Å². The van der Waals surface area contributed by atoms with Crippen LogP contribution in [-0.2, 0) is 12.8 Å². The molecule has 0 aliphatic rings. The maximum absolute atomic E-state index is 12.9. The quantitative estimate of drug-likeness (QED) is 0.110. The molecule has 0 saturated heterocycles. The van der Waals surface area contributed by atoms with Crippen LogP contribution in [0.5, 0.6) is 11.5 Å². The number of nitrogens with one attached hydrogen (secondary N) is 1. The van der Waals surface area contributed by atoms with E-state index in [2.05, 4.69) is 33.1 Å². The Labute approximate surface area is 227 Å². The number of nitro benzene ring substituents is 1. The zero-order chi connectivity index (χ0) is 26.5. The van der Waals surface area contributed by atoms with Crippen molar-refractivity contribution in [1.82, 2.24) is 0 Å². The average Bonchev–Trinajstić information content (AvgIpc) is 2.80. The summed E-state index contributed by atoms with van der Waals surface area (Å²) in [7, 11) is 0. The van der Waals surface area contributed by atoms with Crippen molar-refractivity contribution in [2.45, 2.75) is 19.7 Å². The van der Waals surface area contributed by atoms with Crippen LogP contribution in [0.1, 0.15) is 23.6 Å². The van der Waals surface area contributed by atoms with Gasteiger partial charge in [0.2, 0.25) is 0 Å². The molecule has 0 saturated carbocycles. The van der Waals surface area contributed by atoms with Gasteiger partial charge in [0.15, 0.2) is 11.5 Å². The highest BCUT2D eigenvalue weighted by molar-refractivity contribution is 14.1. The smallest absolute Gasteiger partial charge is 0.416 e. The molecule has 0 aliphatic carbocycles. The van der Waals surface area contributed by atoms with Crippen LogP contribution in [0.25, 0.3) is 0 Å². The number of nitro groups is 1. The van der Waals surface area contributed by atoms with Crippen molar-refractivity contribution in [1.29, 1.82) is 0 Å².